The maximum Gasteiger partial charge on any atom is 0.315 e. The molecule has 0 aliphatic rings. The second kappa shape index (κ2) is 8.82. The summed E-state index contributed by atoms with van der Waals surface area (Å²) < 4.78 is 10.7. The van der Waals surface area contributed by atoms with Crippen molar-refractivity contribution in [2.24, 2.45) is 0 Å². The van der Waals surface area contributed by atoms with Crippen LogP contribution in [0.2, 0.25) is 0 Å². The molecule has 2 aromatic carbocycles. The van der Waals surface area contributed by atoms with E-state index in [1.165, 1.54) is 11.1 Å². The molecule has 2 aromatic rings. The average Bonchev–Trinajstić information content (AvgIpc) is 2.60. The first-order chi connectivity index (χ1) is 11.6. The number of ether oxygens (including phenoxy) is 2. The summed E-state index contributed by atoms with van der Waals surface area (Å²) in [6.45, 7) is 5.45. The first-order valence-corrected chi connectivity index (χ1v) is 7.93. The molecule has 0 aliphatic heterocycles. The minimum Gasteiger partial charge on any atom is -0.497 e. The topological polar surface area (TPSA) is 59.6 Å². The predicted molar refractivity (Wildman–Crippen MR) is 94.6 cm³/mol. The van der Waals surface area contributed by atoms with Crippen LogP contribution in [0, 0.1) is 13.8 Å². The number of methoxy groups -OCH3 is 1. The van der Waals surface area contributed by atoms with Crippen LogP contribution >= 0.6 is 0 Å². The van der Waals surface area contributed by atoms with E-state index in [1.54, 1.807) is 7.11 Å². The molecule has 0 heterocycles. The van der Waals surface area contributed by atoms with Crippen molar-refractivity contribution in [3.05, 3.63) is 59.2 Å². The highest BCUT2D eigenvalue weighted by Crippen LogP contribution is 2.16. The van der Waals surface area contributed by atoms with Crippen molar-refractivity contribution in [3.8, 4) is 11.5 Å². The fourth-order valence-electron chi connectivity index (χ4n) is 2.13. The molecular weight excluding hydrogens is 304 g/mol. The largest absolute Gasteiger partial charge is 0.497 e. The maximum atomic E-state index is 11.7. The van der Waals surface area contributed by atoms with E-state index >= 15 is 0 Å². The zero-order chi connectivity index (χ0) is 17.4. The van der Waals surface area contributed by atoms with Crippen LogP contribution in [0.25, 0.3) is 0 Å². The van der Waals surface area contributed by atoms with Crippen LogP contribution in [0.15, 0.2) is 42.5 Å². The van der Waals surface area contributed by atoms with E-state index in [-0.39, 0.29) is 6.03 Å². The highest BCUT2D eigenvalue weighted by molar-refractivity contribution is 5.73. The fraction of sp³-hybridized carbons (Fsp3) is 0.316. The smallest absolute Gasteiger partial charge is 0.315 e. The molecule has 0 bridgehead atoms. The second-order valence-electron chi connectivity index (χ2n) is 5.55. The summed E-state index contributed by atoms with van der Waals surface area (Å²) in [6, 6.07) is 13.3. The van der Waals surface area contributed by atoms with Gasteiger partial charge in [-0.2, -0.15) is 0 Å². The lowest BCUT2D eigenvalue weighted by Gasteiger charge is -2.10. The molecule has 128 valence electrons. The lowest BCUT2D eigenvalue weighted by atomic mass is 10.1. The number of amides is 2. The van der Waals surface area contributed by atoms with Crippen LogP contribution in [0.3, 0.4) is 0 Å². The Bertz CT molecular complexity index is 669. The first-order valence-electron chi connectivity index (χ1n) is 7.93. The van der Waals surface area contributed by atoms with Crippen LogP contribution < -0.4 is 20.1 Å². The molecule has 0 aromatic heterocycles. The monoisotopic (exact) mass is 328 g/mol. The minimum atomic E-state index is -0.213. The van der Waals surface area contributed by atoms with Crippen molar-refractivity contribution in [1.29, 1.82) is 0 Å². The first kappa shape index (κ1) is 17.7. The summed E-state index contributed by atoms with van der Waals surface area (Å²) in [4.78, 5) is 11.7. The van der Waals surface area contributed by atoms with Crippen LogP contribution in [0.4, 0.5) is 4.79 Å². The van der Waals surface area contributed by atoms with Crippen LogP contribution in [0.1, 0.15) is 16.7 Å². The Morgan fingerprint density at radius 3 is 2.33 bits per heavy atom. The van der Waals surface area contributed by atoms with Gasteiger partial charge in [-0.25, -0.2) is 4.79 Å². The van der Waals surface area contributed by atoms with Gasteiger partial charge in [-0.05, 0) is 54.8 Å². The van der Waals surface area contributed by atoms with Crippen molar-refractivity contribution in [3.63, 3.8) is 0 Å². The van der Waals surface area contributed by atoms with Gasteiger partial charge >= 0.3 is 6.03 Å². The van der Waals surface area contributed by atoms with Crippen LogP contribution in [-0.4, -0.2) is 26.3 Å². The Hall–Kier alpha value is -2.69. The molecule has 0 saturated carbocycles. The van der Waals surface area contributed by atoms with Crippen molar-refractivity contribution in [2.45, 2.75) is 20.4 Å². The lowest BCUT2D eigenvalue weighted by molar-refractivity contribution is 0.236. The third kappa shape index (κ3) is 5.50. The quantitative estimate of drug-likeness (QED) is 0.768. The summed E-state index contributed by atoms with van der Waals surface area (Å²) in [6.07, 6.45) is 0. The third-order valence-corrected chi connectivity index (χ3v) is 3.75. The number of carbonyl (C=O) groups is 1. The molecule has 2 N–H and O–H groups in total. The molecule has 0 fully saturated rings. The van der Waals surface area contributed by atoms with E-state index < -0.39 is 0 Å². The SMILES string of the molecule is COc1ccc(CNC(=O)NCCOc2ccc(C)c(C)c2)cc1. The molecule has 0 saturated heterocycles. The number of hydrogen-bond donors (Lipinski definition) is 2. The summed E-state index contributed by atoms with van der Waals surface area (Å²) in [5.41, 5.74) is 3.44. The molecule has 0 aliphatic carbocycles. The molecule has 24 heavy (non-hydrogen) atoms. The van der Waals surface area contributed by atoms with E-state index in [1.807, 2.05) is 49.4 Å². The molecule has 5 nitrogen and oxygen atoms in total. The van der Waals surface area contributed by atoms with Gasteiger partial charge in [-0.3, -0.25) is 0 Å². The summed E-state index contributed by atoms with van der Waals surface area (Å²) in [5, 5.41) is 5.58. The minimum absolute atomic E-state index is 0.213. The summed E-state index contributed by atoms with van der Waals surface area (Å²) >= 11 is 0. The maximum absolute atomic E-state index is 11.7. The molecule has 2 amide bonds. The Balaban J connectivity index is 1.64. The number of aryl methyl sites for hydroxylation is 2. The van der Waals surface area contributed by atoms with Crippen molar-refractivity contribution < 1.29 is 14.3 Å². The van der Waals surface area contributed by atoms with E-state index in [9.17, 15) is 4.79 Å². The highest BCUT2D eigenvalue weighted by Gasteiger charge is 2.01. The zero-order valence-corrected chi connectivity index (χ0v) is 14.4. The third-order valence-electron chi connectivity index (χ3n) is 3.75. The van der Waals surface area contributed by atoms with Gasteiger partial charge in [0.1, 0.15) is 18.1 Å². The van der Waals surface area contributed by atoms with E-state index in [4.69, 9.17) is 9.47 Å². The van der Waals surface area contributed by atoms with Crippen molar-refractivity contribution >= 4 is 6.03 Å². The number of nitrogens with one attached hydrogen (secondary N) is 2. The van der Waals surface area contributed by atoms with Gasteiger partial charge in [0.2, 0.25) is 0 Å². The molecule has 5 heteroatoms. The Morgan fingerprint density at radius 1 is 0.958 bits per heavy atom. The molecule has 0 unspecified atom stereocenters. The van der Waals surface area contributed by atoms with Gasteiger partial charge in [-0.1, -0.05) is 18.2 Å². The van der Waals surface area contributed by atoms with Crippen LogP contribution in [-0.2, 0) is 6.54 Å². The molecular formula is C19H24N2O3. The Kier molecular flexibility index (Phi) is 6.49. The lowest BCUT2D eigenvalue weighted by Crippen LogP contribution is -2.37. The van der Waals surface area contributed by atoms with Crippen molar-refractivity contribution in [1.82, 2.24) is 10.6 Å². The van der Waals surface area contributed by atoms with E-state index in [0.717, 1.165) is 17.1 Å². The van der Waals surface area contributed by atoms with Crippen molar-refractivity contribution in [2.75, 3.05) is 20.3 Å². The normalized spacial score (nSPS) is 10.1. The number of hydrogen-bond acceptors (Lipinski definition) is 3. The molecule has 0 atom stereocenters. The molecule has 2 rings (SSSR count). The van der Waals surface area contributed by atoms with Gasteiger partial charge < -0.3 is 20.1 Å². The van der Waals surface area contributed by atoms with E-state index in [2.05, 4.69) is 17.6 Å². The zero-order valence-electron chi connectivity index (χ0n) is 14.4. The number of rotatable bonds is 7. The standard InChI is InChI=1S/C19H24N2O3/c1-14-4-7-18(12-15(14)2)24-11-10-20-19(22)21-13-16-5-8-17(23-3)9-6-16/h4-9,12H,10-11,13H2,1-3H3,(H2,20,21,22). The Labute approximate surface area is 143 Å². The average molecular weight is 328 g/mol. The highest BCUT2D eigenvalue weighted by atomic mass is 16.5. The molecule has 0 spiro atoms. The Morgan fingerprint density at radius 2 is 1.67 bits per heavy atom. The second-order valence-corrected chi connectivity index (χ2v) is 5.55. The van der Waals surface area contributed by atoms with E-state index in [0.29, 0.717) is 19.7 Å². The van der Waals surface area contributed by atoms with Gasteiger partial charge in [0.25, 0.3) is 0 Å². The van der Waals surface area contributed by atoms with Gasteiger partial charge in [0.05, 0.1) is 13.7 Å². The van der Waals surface area contributed by atoms with Gasteiger partial charge in [0, 0.05) is 6.54 Å². The van der Waals surface area contributed by atoms with Gasteiger partial charge in [0.15, 0.2) is 0 Å². The van der Waals surface area contributed by atoms with Gasteiger partial charge in [-0.15, -0.1) is 0 Å². The van der Waals surface area contributed by atoms with Crippen LogP contribution in [0.5, 0.6) is 11.5 Å². The predicted octanol–water partition coefficient (Wildman–Crippen LogP) is 3.19. The summed E-state index contributed by atoms with van der Waals surface area (Å²) in [7, 11) is 1.63. The number of carbonyl (C=O) groups excluding carboxylic acids is 1. The number of urea groups is 1. The summed E-state index contributed by atoms with van der Waals surface area (Å²) in [5.74, 6) is 1.62. The molecule has 0 radical (unpaired) electrons. The fourth-order valence-corrected chi connectivity index (χ4v) is 2.13. The number of benzene rings is 2.